The lowest BCUT2D eigenvalue weighted by Crippen LogP contribution is -2.46. The van der Waals surface area contributed by atoms with Crippen LogP contribution in [0.5, 0.6) is 0 Å². The number of amides is 2. The second-order valence-corrected chi connectivity index (χ2v) is 11.8. The molecule has 41 heavy (non-hydrogen) atoms. The average molecular weight is 549 g/mol. The van der Waals surface area contributed by atoms with Crippen LogP contribution in [-0.4, -0.2) is 84.7 Å². The van der Waals surface area contributed by atoms with Crippen molar-refractivity contribution < 1.29 is 9.59 Å². The van der Waals surface area contributed by atoms with Crippen molar-refractivity contribution in [1.82, 2.24) is 20.0 Å². The SMILES string of the molecule is CN1CCN(c2ccc(C(=O)N3CCC4(CC3)CCN(c3ccc(-c5ccc6[nH]ncc6c5)cc3)C4=O)cc2)CC1. The summed E-state index contributed by atoms with van der Waals surface area (Å²) in [4.78, 5) is 35.6. The molecule has 0 radical (unpaired) electrons. The monoisotopic (exact) mass is 548 g/mol. The van der Waals surface area contributed by atoms with Gasteiger partial charge in [0.05, 0.1) is 17.1 Å². The van der Waals surface area contributed by atoms with E-state index in [0.29, 0.717) is 13.1 Å². The smallest absolute Gasteiger partial charge is 0.253 e. The Balaban J connectivity index is 0.977. The minimum Gasteiger partial charge on any atom is -0.369 e. The molecule has 7 rings (SSSR count). The number of likely N-dealkylation sites (N-methyl/N-ethyl adjacent to an activating group) is 1. The highest BCUT2D eigenvalue weighted by molar-refractivity contribution is 6.01. The number of hydrogen-bond acceptors (Lipinski definition) is 5. The van der Waals surface area contributed by atoms with Crippen molar-refractivity contribution >= 4 is 34.1 Å². The maximum atomic E-state index is 13.7. The maximum absolute atomic E-state index is 13.7. The van der Waals surface area contributed by atoms with E-state index < -0.39 is 0 Å². The van der Waals surface area contributed by atoms with Gasteiger partial charge in [-0.2, -0.15) is 5.10 Å². The van der Waals surface area contributed by atoms with Gasteiger partial charge in [0.15, 0.2) is 0 Å². The Kier molecular flexibility index (Phi) is 6.50. The molecule has 1 N–H and O–H groups in total. The summed E-state index contributed by atoms with van der Waals surface area (Å²) in [6.07, 6.45) is 4.11. The van der Waals surface area contributed by atoms with E-state index in [-0.39, 0.29) is 17.2 Å². The number of fused-ring (bicyclic) bond motifs is 1. The molecule has 1 spiro atoms. The van der Waals surface area contributed by atoms with Gasteiger partial charge in [0.2, 0.25) is 5.91 Å². The average Bonchev–Trinajstić information content (AvgIpc) is 3.62. The van der Waals surface area contributed by atoms with Crippen LogP contribution in [0.3, 0.4) is 0 Å². The zero-order valence-corrected chi connectivity index (χ0v) is 23.6. The third-order valence-corrected chi connectivity index (χ3v) is 9.46. The van der Waals surface area contributed by atoms with Crippen molar-refractivity contribution in [3.8, 4) is 11.1 Å². The van der Waals surface area contributed by atoms with Crippen LogP contribution in [0.25, 0.3) is 22.0 Å². The first kappa shape index (κ1) is 25.8. The summed E-state index contributed by atoms with van der Waals surface area (Å²) in [5.41, 5.74) is 5.74. The van der Waals surface area contributed by atoms with Crippen molar-refractivity contribution in [1.29, 1.82) is 0 Å². The summed E-state index contributed by atoms with van der Waals surface area (Å²) in [5, 5.41) is 8.18. The molecule has 4 aromatic rings. The molecule has 210 valence electrons. The summed E-state index contributed by atoms with van der Waals surface area (Å²) in [6, 6.07) is 22.6. The molecule has 0 aliphatic carbocycles. The van der Waals surface area contributed by atoms with Gasteiger partial charge in [-0.05, 0) is 86.0 Å². The number of piperazine rings is 1. The zero-order valence-electron chi connectivity index (χ0n) is 23.6. The summed E-state index contributed by atoms with van der Waals surface area (Å²) in [6.45, 7) is 6.09. The van der Waals surface area contributed by atoms with Crippen LogP contribution in [-0.2, 0) is 4.79 Å². The Morgan fingerprint density at radius 3 is 2.17 bits per heavy atom. The number of aromatic nitrogens is 2. The molecular formula is C33H36N6O2. The van der Waals surface area contributed by atoms with E-state index in [4.69, 9.17) is 0 Å². The van der Waals surface area contributed by atoms with E-state index in [0.717, 1.165) is 85.3 Å². The number of likely N-dealkylation sites (tertiary alicyclic amines) is 1. The summed E-state index contributed by atoms with van der Waals surface area (Å²) in [7, 11) is 2.15. The van der Waals surface area contributed by atoms with Gasteiger partial charge < -0.3 is 19.6 Å². The minimum atomic E-state index is -0.368. The molecule has 3 fully saturated rings. The Hall–Kier alpha value is -4.17. The van der Waals surface area contributed by atoms with Gasteiger partial charge in [0, 0.05) is 68.1 Å². The second kappa shape index (κ2) is 10.3. The third kappa shape index (κ3) is 4.76. The lowest BCUT2D eigenvalue weighted by atomic mass is 9.77. The van der Waals surface area contributed by atoms with Crippen molar-refractivity contribution in [2.24, 2.45) is 5.41 Å². The molecule has 2 amide bonds. The third-order valence-electron chi connectivity index (χ3n) is 9.46. The van der Waals surface area contributed by atoms with Crippen LogP contribution < -0.4 is 9.80 Å². The van der Waals surface area contributed by atoms with Gasteiger partial charge in [0.1, 0.15) is 0 Å². The molecule has 1 aromatic heterocycles. The highest BCUT2D eigenvalue weighted by Crippen LogP contribution is 2.43. The van der Waals surface area contributed by atoms with Gasteiger partial charge in [-0.3, -0.25) is 14.7 Å². The van der Waals surface area contributed by atoms with Crippen molar-refractivity contribution in [2.75, 3.05) is 62.7 Å². The van der Waals surface area contributed by atoms with Gasteiger partial charge >= 0.3 is 0 Å². The van der Waals surface area contributed by atoms with Gasteiger partial charge in [-0.25, -0.2) is 0 Å². The summed E-state index contributed by atoms with van der Waals surface area (Å²) in [5.74, 6) is 0.268. The van der Waals surface area contributed by atoms with Crippen LogP contribution in [0.15, 0.2) is 72.9 Å². The number of carbonyl (C=O) groups excluding carboxylic acids is 2. The normalized spacial score (nSPS) is 19.4. The molecular weight excluding hydrogens is 512 g/mol. The van der Waals surface area contributed by atoms with Crippen LogP contribution in [0.1, 0.15) is 29.6 Å². The maximum Gasteiger partial charge on any atom is 0.253 e. The fourth-order valence-electron chi connectivity index (χ4n) is 6.69. The number of rotatable bonds is 4. The number of aromatic amines is 1. The van der Waals surface area contributed by atoms with Crippen molar-refractivity contribution in [3.63, 3.8) is 0 Å². The molecule has 3 aliphatic rings. The molecule has 0 bridgehead atoms. The van der Waals surface area contributed by atoms with Gasteiger partial charge in [-0.1, -0.05) is 18.2 Å². The number of piperidine rings is 1. The van der Waals surface area contributed by atoms with Gasteiger partial charge in [0.25, 0.3) is 5.91 Å². The Labute approximate surface area is 240 Å². The quantitative estimate of drug-likeness (QED) is 0.402. The van der Waals surface area contributed by atoms with Crippen LogP contribution >= 0.6 is 0 Å². The highest BCUT2D eigenvalue weighted by Gasteiger charge is 2.49. The number of hydrogen-bond donors (Lipinski definition) is 1. The predicted molar refractivity (Wildman–Crippen MR) is 162 cm³/mol. The topological polar surface area (TPSA) is 75.8 Å². The zero-order chi connectivity index (χ0) is 28.0. The van der Waals surface area contributed by atoms with Crippen molar-refractivity contribution in [3.05, 3.63) is 78.5 Å². The van der Waals surface area contributed by atoms with Gasteiger partial charge in [-0.15, -0.1) is 0 Å². The number of nitrogens with one attached hydrogen (secondary N) is 1. The molecule has 3 aromatic carbocycles. The van der Waals surface area contributed by atoms with Crippen molar-refractivity contribution in [2.45, 2.75) is 19.3 Å². The van der Waals surface area contributed by atoms with E-state index in [1.807, 2.05) is 34.2 Å². The second-order valence-electron chi connectivity index (χ2n) is 11.8. The van der Waals surface area contributed by atoms with E-state index in [1.165, 1.54) is 5.69 Å². The first-order valence-corrected chi connectivity index (χ1v) is 14.7. The number of nitrogens with zero attached hydrogens (tertiary/aromatic N) is 5. The molecule has 8 nitrogen and oxygen atoms in total. The van der Waals surface area contributed by atoms with Crippen LogP contribution in [0.4, 0.5) is 11.4 Å². The van der Waals surface area contributed by atoms with Crippen LogP contribution in [0, 0.1) is 5.41 Å². The number of H-pyrrole nitrogens is 1. The lowest BCUT2D eigenvalue weighted by molar-refractivity contribution is -0.127. The molecule has 3 aliphatic heterocycles. The standard InChI is InChI=1S/C33H36N6O2/c1-36-18-20-37(21-19-36)28-7-4-25(5-8-28)31(40)38-15-12-33(13-16-38)14-17-39(32(33)41)29-9-2-24(3-10-29)26-6-11-30-27(22-26)23-34-35-30/h2-11,22-23H,12-21H2,1H3,(H,34,35). The Morgan fingerprint density at radius 1 is 0.780 bits per heavy atom. The Bertz CT molecular complexity index is 1560. The largest absolute Gasteiger partial charge is 0.369 e. The number of carbonyl (C=O) groups is 2. The number of anilines is 2. The minimum absolute atomic E-state index is 0.0660. The lowest BCUT2D eigenvalue weighted by Gasteiger charge is -2.38. The fourth-order valence-corrected chi connectivity index (χ4v) is 6.69. The molecule has 0 atom stereocenters. The van der Waals surface area contributed by atoms with E-state index >= 15 is 0 Å². The number of benzene rings is 3. The molecule has 3 saturated heterocycles. The molecule has 8 heteroatoms. The highest BCUT2D eigenvalue weighted by atomic mass is 16.2. The van der Waals surface area contributed by atoms with Crippen LogP contribution in [0.2, 0.25) is 0 Å². The summed E-state index contributed by atoms with van der Waals surface area (Å²) >= 11 is 0. The molecule has 4 heterocycles. The molecule has 0 saturated carbocycles. The first-order valence-electron chi connectivity index (χ1n) is 14.7. The molecule has 0 unspecified atom stereocenters. The fraction of sp³-hybridized carbons (Fsp3) is 0.364. The van der Waals surface area contributed by atoms with E-state index in [9.17, 15) is 9.59 Å². The van der Waals surface area contributed by atoms with E-state index in [1.54, 1.807) is 0 Å². The Morgan fingerprint density at radius 2 is 1.44 bits per heavy atom. The van der Waals surface area contributed by atoms with E-state index in [2.05, 4.69) is 75.6 Å². The predicted octanol–water partition coefficient (Wildman–Crippen LogP) is 4.64. The first-order chi connectivity index (χ1) is 20.0. The summed E-state index contributed by atoms with van der Waals surface area (Å²) < 4.78 is 0.